The standard InChI is InChI=1S/C18H21ClN2O2S/c19-15-5-3-14(4-6-15)12-18(22)20-13-16(17-2-1-11-24-17)21-7-9-23-10-8-21/h1-6,11,16H,7-10,12-13H2,(H,20,22)/t16-/m1/s1. The van der Waals surface area contributed by atoms with Crippen LogP contribution < -0.4 is 5.32 Å². The molecule has 2 aromatic rings. The van der Waals surface area contributed by atoms with Gasteiger partial charge in [-0.3, -0.25) is 9.69 Å². The van der Waals surface area contributed by atoms with Gasteiger partial charge in [-0.15, -0.1) is 11.3 Å². The van der Waals surface area contributed by atoms with Crippen LogP contribution in [0.25, 0.3) is 0 Å². The molecule has 6 heteroatoms. The van der Waals surface area contributed by atoms with Crippen LogP contribution in [0.3, 0.4) is 0 Å². The Labute approximate surface area is 151 Å². The number of nitrogens with one attached hydrogen (secondary N) is 1. The lowest BCUT2D eigenvalue weighted by molar-refractivity contribution is -0.120. The summed E-state index contributed by atoms with van der Waals surface area (Å²) in [7, 11) is 0. The number of hydrogen-bond donors (Lipinski definition) is 1. The van der Waals surface area contributed by atoms with Crippen molar-refractivity contribution < 1.29 is 9.53 Å². The Morgan fingerprint density at radius 1 is 1.25 bits per heavy atom. The van der Waals surface area contributed by atoms with Crippen LogP contribution in [0.1, 0.15) is 16.5 Å². The first-order valence-electron chi connectivity index (χ1n) is 8.09. The number of amides is 1. The Balaban J connectivity index is 1.58. The van der Waals surface area contributed by atoms with Crippen LogP contribution in [0.4, 0.5) is 0 Å². The van der Waals surface area contributed by atoms with E-state index in [0.29, 0.717) is 18.0 Å². The topological polar surface area (TPSA) is 41.6 Å². The Bertz CT molecular complexity index is 640. The maximum absolute atomic E-state index is 12.3. The van der Waals surface area contributed by atoms with E-state index in [9.17, 15) is 4.79 Å². The predicted molar refractivity (Wildman–Crippen MR) is 97.6 cm³/mol. The normalized spacial score (nSPS) is 16.7. The largest absolute Gasteiger partial charge is 0.379 e. The SMILES string of the molecule is O=C(Cc1ccc(Cl)cc1)NC[C@H](c1cccs1)N1CCOCC1. The first kappa shape index (κ1) is 17.4. The lowest BCUT2D eigenvalue weighted by atomic mass is 10.1. The summed E-state index contributed by atoms with van der Waals surface area (Å²) in [4.78, 5) is 15.9. The number of ether oxygens (including phenoxy) is 1. The molecule has 1 aromatic carbocycles. The molecule has 0 saturated carbocycles. The summed E-state index contributed by atoms with van der Waals surface area (Å²) in [5, 5.41) is 5.85. The van der Waals surface area contributed by atoms with Gasteiger partial charge in [0.05, 0.1) is 25.7 Å². The highest BCUT2D eigenvalue weighted by atomic mass is 35.5. The third kappa shape index (κ3) is 4.80. The highest BCUT2D eigenvalue weighted by molar-refractivity contribution is 7.10. The van der Waals surface area contributed by atoms with E-state index in [0.717, 1.165) is 31.9 Å². The van der Waals surface area contributed by atoms with Crippen LogP contribution in [0, 0.1) is 0 Å². The summed E-state index contributed by atoms with van der Waals surface area (Å²) in [6, 6.07) is 11.8. The van der Waals surface area contributed by atoms with E-state index in [4.69, 9.17) is 16.3 Å². The fourth-order valence-corrected chi connectivity index (χ4v) is 3.83. The smallest absolute Gasteiger partial charge is 0.224 e. The van der Waals surface area contributed by atoms with Gasteiger partial charge in [0.2, 0.25) is 5.91 Å². The molecule has 1 atom stereocenters. The third-order valence-electron chi connectivity index (χ3n) is 4.13. The van der Waals surface area contributed by atoms with E-state index in [2.05, 4.69) is 27.7 Å². The van der Waals surface area contributed by atoms with Crippen LogP contribution in [0.5, 0.6) is 0 Å². The van der Waals surface area contributed by atoms with E-state index in [1.165, 1.54) is 4.88 Å². The van der Waals surface area contributed by atoms with Crippen molar-refractivity contribution in [2.75, 3.05) is 32.8 Å². The van der Waals surface area contributed by atoms with E-state index in [1.54, 1.807) is 11.3 Å². The molecule has 0 unspecified atom stereocenters. The van der Waals surface area contributed by atoms with E-state index >= 15 is 0 Å². The number of halogens is 1. The summed E-state index contributed by atoms with van der Waals surface area (Å²) in [6.07, 6.45) is 0.372. The molecule has 1 fully saturated rings. The first-order valence-corrected chi connectivity index (χ1v) is 9.34. The molecule has 0 aliphatic carbocycles. The lowest BCUT2D eigenvalue weighted by Gasteiger charge is -2.34. The molecule has 128 valence electrons. The highest BCUT2D eigenvalue weighted by Crippen LogP contribution is 2.25. The average molecular weight is 365 g/mol. The summed E-state index contributed by atoms with van der Waals surface area (Å²) >= 11 is 7.61. The maximum Gasteiger partial charge on any atom is 0.224 e. The van der Waals surface area contributed by atoms with Crippen molar-refractivity contribution in [3.8, 4) is 0 Å². The van der Waals surface area contributed by atoms with Crippen molar-refractivity contribution in [1.29, 1.82) is 0 Å². The van der Waals surface area contributed by atoms with Crippen molar-refractivity contribution in [1.82, 2.24) is 10.2 Å². The number of carbonyl (C=O) groups is 1. The highest BCUT2D eigenvalue weighted by Gasteiger charge is 2.23. The molecule has 1 aliphatic rings. The Kier molecular flexibility index (Phi) is 6.26. The monoisotopic (exact) mass is 364 g/mol. The molecule has 1 aromatic heterocycles. The average Bonchev–Trinajstić information content (AvgIpc) is 3.12. The number of rotatable bonds is 6. The number of hydrogen-bond acceptors (Lipinski definition) is 4. The van der Waals surface area contributed by atoms with Gasteiger partial charge < -0.3 is 10.1 Å². The molecule has 1 N–H and O–H groups in total. The van der Waals surface area contributed by atoms with E-state index < -0.39 is 0 Å². The van der Waals surface area contributed by atoms with Gasteiger partial charge >= 0.3 is 0 Å². The second-order valence-electron chi connectivity index (χ2n) is 5.79. The van der Waals surface area contributed by atoms with Crippen molar-refractivity contribution in [2.45, 2.75) is 12.5 Å². The van der Waals surface area contributed by atoms with Gasteiger partial charge in [0, 0.05) is 29.5 Å². The van der Waals surface area contributed by atoms with Gasteiger partial charge in [-0.25, -0.2) is 0 Å². The minimum Gasteiger partial charge on any atom is -0.379 e. The number of carbonyl (C=O) groups excluding carboxylic acids is 1. The molecule has 1 saturated heterocycles. The molecular weight excluding hydrogens is 344 g/mol. The van der Waals surface area contributed by atoms with Crippen LogP contribution in [0.15, 0.2) is 41.8 Å². The molecular formula is C18H21ClN2O2S. The Morgan fingerprint density at radius 3 is 2.67 bits per heavy atom. The summed E-state index contributed by atoms with van der Waals surface area (Å²) in [5.41, 5.74) is 0.968. The molecule has 0 radical (unpaired) electrons. The van der Waals surface area contributed by atoms with Crippen molar-refractivity contribution in [2.24, 2.45) is 0 Å². The quantitative estimate of drug-likeness (QED) is 0.856. The second kappa shape index (κ2) is 8.62. The fraction of sp³-hybridized carbons (Fsp3) is 0.389. The van der Waals surface area contributed by atoms with Crippen molar-refractivity contribution in [3.05, 3.63) is 57.2 Å². The van der Waals surface area contributed by atoms with Gasteiger partial charge in [-0.2, -0.15) is 0 Å². The van der Waals surface area contributed by atoms with Gasteiger partial charge in [0.1, 0.15) is 0 Å². The molecule has 0 bridgehead atoms. The van der Waals surface area contributed by atoms with Crippen LogP contribution in [0.2, 0.25) is 5.02 Å². The van der Waals surface area contributed by atoms with Crippen LogP contribution in [-0.2, 0) is 16.0 Å². The molecule has 2 heterocycles. The second-order valence-corrected chi connectivity index (χ2v) is 7.20. The molecule has 0 spiro atoms. The van der Waals surface area contributed by atoms with Gasteiger partial charge in [-0.1, -0.05) is 29.8 Å². The number of thiophene rings is 1. The third-order valence-corrected chi connectivity index (χ3v) is 5.35. The van der Waals surface area contributed by atoms with Crippen LogP contribution >= 0.6 is 22.9 Å². The zero-order valence-corrected chi connectivity index (χ0v) is 15.0. The minimum absolute atomic E-state index is 0.0344. The lowest BCUT2D eigenvalue weighted by Crippen LogP contribution is -2.43. The molecule has 3 rings (SSSR count). The number of morpholine rings is 1. The van der Waals surface area contributed by atoms with Gasteiger partial charge in [0.25, 0.3) is 0 Å². The molecule has 1 aliphatic heterocycles. The summed E-state index contributed by atoms with van der Waals surface area (Å²) in [6.45, 7) is 3.92. The Morgan fingerprint density at radius 2 is 2.00 bits per heavy atom. The van der Waals surface area contributed by atoms with Crippen molar-refractivity contribution >= 4 is 28.8 Å². The van der Waals surface area contributed by atoms with Gasteiger partial charge in [0.15, 0.2) is 0 Å². The molecule has 4 nitrogen and oxygen atoms in total. The number of benzene rings is 1. The summed E-state index contributed by atoms with van der Waals surface area (Å²) < 4.78 is 5.45. The minimum atomic E-state index is 0.0344. The van der Waals surface area contributed by atoms with Gasteiger partial charge in [-0.05, 0) is 29.1 Å². The zero-order valence-electron chi connectivity index (χ0n) is 13.4. The number of nitrogens with zero attached hydrogens (tertiary/aromatic N) is 1. The van der Waals surface area contributed by atoms with E-state index in [-0.39, 0.29) is 11.9 Å². The Hall–Kier alpha value is -1.40. The first-order chi connectivity index (χ1) is 11.7. The fourth-order valence-electron chi connectivity index (χ4n) is 2.84. The van der Waals surface area contributed by atoms with E-state index in [1.807, 2.05) is 24.3 Å². The summed E-state index contributed by atoms with van der Waals surface area (Å²) in [5.74, 6) is 0.0344. The zero-order chi connectivity index (χ0) is 16.8. The molecule has 1 amide bonds. The predicted octanol–water partition coefficient (Wildman–Crippen LogP) is 3.13. The van der Waals surface area contributed by atoms with Crippen molar-refractivity contribution in [3.63, 3.8) is 0 Å². The van der Waals surface area contributed by atoms with Crippen LogP contribution in [-0.4, -0.2) is 43.7 Å². The molecule has 24 heavy (non-hydrogen) atoms. The maximum atomic E-state index is 12.3.